The first-order valence-electron chi connectivity index (χ1n) is 17.7. The van der Waals surface area contributed by atoms with Gasteiger partial charge in [0.25, 0.3) is 0 Å². The number of carbonyl (C=O) groups is 5. The van der Waals surface area contributed by atoms with Gasteiger partial charge in [-0.15, -0.1) is 11.3 Å². The van der Waals surface area contributed by atoms with Crippen LogP contribution in [0.4, 0.5) is 15.4 Å². The van der Waals surface area contributed by atoms with E-state index in [9.17, 15) is 24.0 Å². The summed E-state index contributed by atoms with van der Waals surface area (Å²) in [5.74, 6) is 1.05. The van der Waals surface area contributed by atoms with Crippen LogP contribution < -0.4 is 16.0 Å². The number of thiophene rings is 1. The van der Waals surface area contributed by atoms with Crippen LogP contribution in [0.1, 0.15) is 78.1 Å². The fourth-order valence-corrected chi connectivity index (χ4v) is 7.27. The van der Waals surface area contributed by atoms with Gasteiger partial charge in [0.2, 0.25) is 18.2 Å². The summed E-state index contributed by atoms with van der Waals surface area (Å²) in [6.45, 7) is 10.7. The van der Waals surface area contributed by atoms with Gasteiger partial charge in [-0.25, -0.2) is 19.6 Å². The van der Waals surface area contributed by atoms with E-state index in [0.29, 0.717) is 18.8 Å². The van der Waals surface area contributed by atoms with E-state index in [-0.39, 0.29) is 30.9 Å². The number of hydrogen-bond acceptors (Lipinski definition) is 11. The maximum absolute atomic E-state index is 12.6. The summed E-state index contributed by atoms with van der Waals surface area (Å²) in [5.41, 5.74) is 0.886. The van der Waals surface area contributed by atoms with Crippen molar-refractivity contribution in [3.63, 3.8) is 0 Å². The van der Waals surface area contributed by atoms with E-state index >= 15 is 0 Å². The van der Waals surface area contributed by atoms with Crippen molar-refractivity contribution in [1.82, 2.24) is 39.8 Å². The largest absolute Gasteiger partial charge is 0.453 e. The first-order valence-corrected chi connectivity index (χ1v) is 19.3. The van der Waals surface area contributed by atoms with Gasteiger partial charge in [-0.1, -0.05) is 51.9 Å². The summed E-state index contributed by atoms with van der Waals surface area (Å²) >= 11 is 3.17. The second-order valence-corrected chi connectivity index (χ2v) is 14.1. The maximum Gasteiger partial charge on any atom is 0.407 e. The molecule has 290 valence electrons. The molecule has 2 aliphatic heterocycles. The number of carbonyl (C=O) groups excluding carboxylic acids is 5. The smallest absolute Gasteiger partial charge is 0.407 e. The molecular formula is C35H51N9O7S2. The Morgan fingerprint density at radius 3 is 2.09 bits per heavy atom. The number of imidazole rings is 2. The molecule has 0 bridgehead atoms. The van der Waals surface area contributed by atoms with E-state index < -0.39 is 12.2 Å². The summed E-state index contributed by atoms with van der Waals surface area (Å²) in [4.78, 5) is 76.2. The highest BCUT2D eigenvalue weighted by atomic mass is 32.1. The molecule has 6 rings (SSSR count). The average molecular weight is 774 g/mol. The standard InChI is InChI=1S/C21H21N7O4S2.C8H14N2O3.2C3H8/c1-32-21(31)23-8-18(30)28-6-2-3-13(28)19-22-7-12(25-19)14-4-5-15(33-14)16-9-27-10-17(24-11-29)26-20(27)34-16;1-13-8(12)9-6-7(11)10-4-2-3-5-10;2*1-3-2/h4-5,7,9-11,13H,2-3,6,8H2,1H3,(H,22,25)(H,23,31)(H,24,29);2-6H2,1H3,(H,9,12);2*3H2,1-2H3/t13-;;;/m0.../s1. The highest BCUT2D eigenvalue weighted by Gasteiger charge is 2.32. The Morgan fingerprint density at radius 1 is 0.868 bits per heavy atom. The molecule has 0 aliphatic carbocycles. The van der Waals surface area contributed by atoms with E-state index in [1.54, 1.807) is 44.9 Å². The van der Waals surface area contributed by atoms with Gasteiger partial charge >= 0.3 is 12.2 Å². The number of thiazole rings is 1. The zero-order valence-electron chi connectivity index (χ0n) is 31.2. The second-order valence-electron chi connectivity index (χ2n) is 12.0. The zero-order valence-corrected chi connectivity index (χ0v) is 32.9. The lowest BCUT2D eigenvalue weighted by Crippen LogP contribution is -2.40. The molecule has 2 fully saturated rings. The number of alkyl carbamates (subject to hydrolysis) is 2. The highest BCUT2D eigenvalue weighted by molar-refractivity contribution is 7.26. The lowest BCUT2D eigenvalue weighted by molar-refractivity contribution is -0.131. The first kappa shape index (κ1) is 42.4. The van der Waals surface area contributed by atoms with Crippen molar-refractivity contribution in [2.75, 3.05) is 52.3 Å². The van der Waals surface area contributed by atoms with Crippen molar-refractivity contribution in [2.24, 2.45) is 0 Å². The number of aromatic nitrogens is 4. The Hall–Kier alpha value is -4.97. The van der Waals surface area contributed by atoms with Gasteiger partial charge < -0.3 is 40.2 Å². The molecule has 53 heavy (non-hydrogen) atoms. The predicted octanol–water partition coefficient (Wildman–Crippen LogP) is 5.90. The molecule has 0 saturated carbocycles. The van der Waals surface area contributed by atoms with Gasteiger partial charge in [0.1, 0.15) is 18.9 Å². The third-order valence-corrected chi connectivity index (χ3v) is 9.87. The monoisotopic (exact) mass is 773 g/mol. The van der Waals surface area contributed by atoms with Crippen LogP contribution in [0.5, 0.6) is 0 Å². The highest BCUT2D eigenvalue weighted by Crippen LogP contribution is 2.38. The summed E-state index contributed by atoms with van der Waals surface area (Å²) in [7, 11) is 2.54. The number of hydrogen-bond donors (Lipinski definition) is 4. The maximum atomic E-state index is 12.6. The predicted molar refractivity (Wildman–Crippen MR) is 206 cm³/mol. The summed E-state index contributed by atoms with van der Waals surface area (Å²) < 4.78 is 10.8. The van der Waals surface area contributed by atoms with Gasteiger partial charge in [-0.05, 0) is 37.8 Å². The number of amides is 5. The van der Waals surface area contributed by atoms with Crippen LogP contribution in [0.3, 0.4) is 0 Å². The van der Waals surface area contributed by atoms with E-state index in [4.69, 9.17) is 0 Å². The number of anilines is 1. The molecular weight excluding hydrogens is 723 g/mol. The Kier molecular flexibility index (Phi) is 17.8. The van der Waals surface area contributed by atoms with Crippen molar-refractivity contribution >= 4 is 63.9 Å². The first-order chi connectivity index (χ1) is 25.6. The Bertz CT molecular complexity index is 1730. The van der Waals surface area contributed by atoms with Gasteiger partial charge in [-0.2, -0.15) is 0 Å². The van der Waals surface area contributed by atoms with Crippen molar-refractivity contribution in [3.8, 4) is 20.3 Å². The summed E-state index contributed by atoms with van der Waals surface area (Å²) in [5, 5.41) is 7.35. The van der Waals surface area contributed by atoms with E-state index in [1.807, 2.05) is 16.7 Å². The van der Waals surface area contributed by atoms with Crippen molar-refractivity contribution in [2.45, 2.75) is 72.3 Å². The number of methoxy groups -OCH3 is 2. The van der Waals surface area contributed by atoms with Crippen LogP contribution in [-0.2, 0) is 23.9 Å². The summed E-state index contributed by atoms with van der Waals surface area (Å²) in [6.07, 6.45) is 11.3. The number of nitrogens with one attached hydrogen (secondary N) is 4. The number of aromatic amines is 1. The minimum atomic E-state index is -0.630. The van der Waals surface area contributed by atoms with Crippen LogP contribution in [0.25, 0.3) is 25.3 Å². The lowest BCUT2D eigenvalue weighted by atomic mass is 10.2. The zero-order chi connectivity index (χ0) is 38.8. The third kappa shape index (κ3) is 12.6. The number of rotatable bonds is 9. The normalized spacial score (nSPS) is 14.5. The van der Waals surface area contributed by atoms with E-state index in [1.165, 1.54) is 27.1 Å². The fraction of sp³-hybridized carbons (Fsp3) is 0.514. The van der Waals surface area contributed by atoms with Gasteiger partial charge in [0.05, 0.1) is 48.1 Å². The molecule has 2 aliphatic rings. The fourth-order valence-electron chi connectivity index (χ4n) is 5.26. The number of likely N-dealkylation sites (tertiary alicyclic amines) is 2. The van der Waals surface area contributed by atoms with Crippen molar-refractivity contribution in [1.29, 1.82) is 0 Å². The van der Waals surface area contributed by atoms with Crippen molar-refractivity contribution < 1.29 is 33.4 Å². The molecule has 16 nitrogen and oxygen atoms in total. The molecule has 0 unspecified atom stereocenters. The molecule has 4 aromatic rings. The van der Waals surface area contributed by atoms with Crippen molar-refractivity contribution in [3.05, 3.63) is 36.5 Å². The van der Waals surface area contributed by atoms with Crippen LogP contribution in [0, 0.1) is 0 Å². The molecule has 0 radical (unpaired) electrons. The molecule has 0 spiro atoms. The minimum absolute atomic E-state index is 0.0344. The number of fused-ring (bicyclic) bond motifs is 1. The Labute approximate surface area is 317 Å². The second kappa shape index (κ2) is 22.2. The Morgan fingerprint density at radius 2 is 1.49 bits per heavy atom. The number of ether oxygens (including phenoxy) is 2. The van der Waals surface area contributed by atoms with Gasteiger partial charge in [0, 0.05) is 30.7 Å². The molecule has 1 atom stereocenters. The SMILES string of the molecule is CCC.CCC.COC(=O)NCC(=O)N1CCCC1.COC(=O)NCC(=O)N1CCC[C@H]1c1ncc(-c2ccc(-c3cn4cc(NC=O)nc4s3)s2)[nH]1. The molecule has 0 aromatic carbocycles. The van der Waals surface area contributed by atoms with Crippen LogP contribution in [0.2, 0.25) is 0 Å². The summed E-state index contributed by atoms with van der Waals surface area (Å²) in [6, 6.07) is 3.94. The van der Waals surface area contributed by atoms with Gasteiger partial charge in [-0.3, -0.25) is 18.8 Å². The van der Waals surface area contributed by atoms with E-state index in [2.05, 4.69) is 74.1 Å². The molecule has 18 heteroatoms. The molecule has 4 aromatic heterocycles. The molecule has 5 amide bonds. The topological polar surface area (TPSA) is 192 Å². The molecule has 6 heterocycles. The molecule has 4 N–H and O–H groups in total. The lowest BCUT2D eigenvalue weighted by Gasteiger charge is -2.23. The van der Waals surface area contributed by atoms with E-state index in [0.717, 1.165) is 69.9 Å². The molecule has 2 saturated heterocycles. The Balaban J connectivity index is 0.000000331. The number of H-pyrrole nitrogens is 1. The van der Waals surface area contributed by atoms with Crippen LogP contribution >= 0.6 is 22.7 Å². The minimum Gasteiger partial charge on any atom is -0.453 e. The average Bonchev–Trinajstić information content (AvgIpc) is 3.99. The van der Waals surface area contributed by atoms with Crippen LogP contribution in [0.15, 0.2) is 30.7 Å². The van der Waals surface area contributed by atoms with Crippen LogP contribution in [-0.4, -0.2) is 107 Å². The van der Waals surface area contributed by atoms with Gasteiger partial charge in [0.15, 0.2) is 10.8 Å². The quantitative estimate of drug-likeness (QED) is 0.150. The third-order valence-electron chi connectivity index (χ3n) is 7.56. The number of nitrogens with zero attached hydrogens (tertiary/aromatic N) is 5.